The molecule has 0 aliphatic heterocycles. The highest BCUT2D eigenvalue weighted by Crippen LogP contribution is 2.33. The van der Waals surface area contributed by atoms with Gasteiger partial charge in [0.2, 0.25) is 5.91 Å². The fourth-order valence-electron chi connectivity index (χ4n) is 3.58. The molecule has 2 fully saturated rings. The molecule has 1 aromatic rings. The van der Waals surface area contributed by atoms with Crippen LogP contribution in [-0.2, 0) is 24.2 Å². The van der Waals surface area contributed by atoms with Gasteiger partial charge in [-0.25, -0.2) is 0 Å². The van der Waals surface area contributed by atoms with Crippen molar-refractivity contribution < 1.29 is 4.79 Å². The molecule has 1 aromatic heterocycles. The lowest BCUT2D eigenvalue weighted by molar-refractivity contribution is -0.122. The largest absolute Gasteiger partial charge is 0.353 e. The highest BCUT2D eigenvalue weighted by molar-refractivity contribution is 5.76. The molecule has 118 valence electrons. The molecule has 3 aliphatic rings. The monoisotopic (exact) mass is 300 g/mol. The lowest BCUT2D eigenvalue weighted by atomic mass is 9.91. The Morgan fingerprint density at radius 1 is 1.14 bits per heavy atom. The Balaban J connectivity index is 1.46. The van der Waals surface area contributed by atoms with E-state index in [1.54, 1.807) is 6.07 Å². The standard InChI is InChI=1S/C18H24N2O2/c21-17(9-12-1-2-12)19-15-6-7-16-14(10-15)5-8-18(22)20(16)11-13-3-4-13/h5,8,12-13,15H,1-4,6-7,9-11H2,(H,19,21)/t15-/m1/s1. The molecule has 1 heterocycles. The molecule has 0 unspecified atom stereocenters. The average Bonchev–Trinajstić information content (AvgIpc) is 3.38. The number of hydrogen-bond donors (Lipinski definition) is 1. The first kappa shape index (κ1) is 14.0. The molecule has 1 N–H and O–H groups in total. The van der Waals surface area contributed by atoms with E-state index in [0.717, 1.165) is 25.8 Å². The molecular formula is C18H24N2O2. The third-order valence-electron chi connectivity index (χ3n) is 5.26. The van der Waals surface area contributed by atoms with Gasteiger partial charge in [-0.2, -0.15) is 0 Å². The smallest absolute Gasteiger partial charge is 0.250 e. The maximum atomic E-state index is 12.1. The van der Waals surface area contributed by atoms with Gasteiger partial charge in [0.1, 0.15) is 0 Å². The first-order valence-electron chi connectivity index (χ1n) is 8.70. The number of amides is 1. The van der Waals surface area contributed by atoms with E-state index in [4.69, 9.17) is 0 Å². The number of carbonyl (C=O) groups excluding carboxylic acids is 1. The van der Waals surface area contributed by atoms with Crippen LogP contribution in [0.25, 0.3) is 0 Å². The van der Waals surface area contributed by atoms with E-state index in [-0.39, 0.29) is 17.5 Å². The summed E-state index contributed by atoms with van der Waals surface area (Å²) in [4.78, 5) is 24.1. The van der Waals surface area contributed by atoms with Crippen LogP contribution in [0.15, 0.2) is 16.9 Å². The molecule has 0 aromatic carbocycles. The van der Waals surface area contributed by atoms with Gasteiger partial charge in [0.05, 0.1) is 0 Å². The number of hydrogen-bond acceptors (Lipinski definition) is 2. The van der Waals surface area contributed by atoms with Crippen molar-refractivity contribution in [1.29, 1.82) is 0 Å². The van der Waals surface area contributed by atoms with E-state index in [0.29, 0.717) is 18.3 Å². The topological polar surface area (TPSA) is 51.1 Å². The van der Waals surface area contributed by atoms with Crippen LogP contribution in [0.4, 0.5) is 0 Å². The Hall–Kier alpha value is -1.58. The van der Waals surface area contributed by atoms with Gasteiger partial charge in [-0.15, -0.1) is 0 Å². The van der Waals surface area contributed by atoms with E-state index in [2.05, 4.69) is 5.32 Å². The second-order valence-electron chi connectivity index (χ2n) is 7.35. The van der Waals surface area contributed by atoms with Crippen LogP contribution in [0.5, 0.6) is 0 Å². The van der Waals surface area contributed by atoms with E-state index in [1.807, 2.05) is 10.6 Å². The molecular weight excluding hydrogens is 276 g/mol. The number of nitrogens with zero attached hydrogens (tertiary/aromatic N) is 1. The van der Waals surface area contributed by atoms with Crippen molar-refractivity contribution in [2.75, 3.05) is 0 Å². The van der Waals surface area contributed by atoms with Gasteiger partial charge in [-0.05, 0) is 62.3 Å². The predicted molar refractivity (Wildman–Crippen MR) is 84.7 cm³/mol. The maximum Gasteiger partial charge on any atom is 0.250 e. The molecule has 1 atom stereocenters. The zero-order valence-corrected chi connectivity index (χ0v) is 13.0. The molecule has 22 heavy (non-hydrogen) atoms. The van der Waals surface area contributed by atoms with Crippen molar-refractivity contribution in [1.82, 2.24) is 9.88 Å². The van der Waals surface area contributed by atoms with Crippen LogP contribution in [0.1, 0.15) is 49.8 Å². The quantitative estimate of drug-likeness (QED) is 0.904. The van der Waals surface area contributed by atoms with Crippen molar-refractivity contribution in [3.8, 4) is 0 Å². The number of nitrogens with one attached hydrogen (secondary N) is 1. The third kappa shape index (κ3) is 3.11. The molecule has 4 rings (SSSR count). The van der Waals surface area contributed by atoms with Crippen LogP contribution < -0.4 is 10.9 Å². The minimum absolute atomic E-state index is 0.141. The molecule has 2 saturated carbocycles. The minimum atomic E-state index is 0.141. The van der Waals surface area contributed by atoms with Gasteiger partial charge in [-0.3, -0.25) is 9.59 Å². The normalized spacial score (nSPS) is 23.9. The summed E-state index contributed by atoms with van der Waals surface area (Å²) in [5.41, 5.74) is 2.61. The summed E-state index contributed by atoms with van der Waals surface area (Å²) in [6.45, 7) is 0.890. The van der Waals surface area contributed by atoms with E-state index in [9.17, 15) is 9.59 Å². The highest BCUT2D eigenvalue weighted by Gasteiger charge is 2.28. The summed E-state index contributed by atoms with van der Waals surface area (Å²) in [5, 5.41) is 3.19. The second-order valence-corrected chi connectivity index (χ2v) is 7.35. The summed E-state index contributed by atoms with van der Waals surface area (Å²) in [6, 6.07) is 3.92. The van der Waals surface area contributed by atoms with Crippen molar-refractivity contribution in [2.45, 2.75) is 64.0 Å². The first-order valence-corrected chi connectivity index (χ1v) is 8.70. The van der Waals surface area contributed by atoms with Crippen molar-refractivity contribution >= 4 is 5.91 Å². The molecule has 4 nitrogen and oxygen atoms in total. The van der Waals surface area contributed by atoms with E-state index in [1.165, 1.54) is 36.9 Å². The fourth-order valence-corrected chi connectivity index (χ4v) is 3.58. The lowest BCUT2D eigenvalue weighted by Gasteiger charge is -2.27. The number of rotatable bonds is 5. The Morgan fingerprint density at radius 2 is 1.91 bits per heavy atom. The van der Waals surface area contributed by atoms with E-state index < -0.39 is 0 Å². The first-order chi connectivity index (χ1) is 10.7. The van der Waals surface area contributed by atoms with Crippen LogP contribution in [0, 0.1) is 11.8 Å². The van der Waals surface area contributed by atoms with Crippen molar-refractivity contribution in [3.05, 3.63) is 33.7 Å². The Bertz CT molecular complexity index is 641. The van der Waals surface area contributed by atoms with E-state index >= 15 is 0 Å². The number of aromatic nitrogens is 1. The Morgan fingerprint density at radius 3 is 2.64 bits per heavy atom. The van der Waals surface area contributed by atoms with Gasteiger partial charge in [0.25, 0.3) is 5.56 Å². The summed E-state index contributed by atoms with van der Waals surface area (Å²) in [5.74, 6) is 1.56. The number of carbonyl (C=O) groups is 1. The molecule has 4 heteroatoms. The van der Waals surface area contributed by atoms with Gasteiger partial charge in [0.15, 0.2) is 0 Å². The molecule has 0 bridgehead atoms. The third-order valence-corrected chi connectivity index (χ3v) is 5.26. The van der Waals surface area contributed by atoms with Crippen LogP contribution >= 0.6 is 0 Å². The zero-order chi connectivity index (χ0) is 15.1. The summed E-state index contributed by atoms with van der Waals surface area (Å²) in [6.07, 6.45) is 8.39. The number of pyridine rings is 1. The van der Waals surface area contributed by atoms with Crippen molar-refractivity contribution in [3.63, 3.8) is 0 Å². The second kappa shape index (κ2) is 5.56. The van der Waals surface area contributed by atoms with Crippen molar-refractivity contribution in [2.24, 2.45) is 11.8 Å². The van der Waals surface area contributed by atoms with Gasteiger partial charge >= 0.3 is 0 Å². The van der Waals surface area contributed by atoms with Gasteiger partial charge in [-0.1, -0.05) is 6.07 Å². The Kier molecular flexibility index (Phi) is 3.55. The highest BCUT2D eigenvalue weighted by atomic mass is 16.1. The molecule has 0 saturated heterocycles. The summed E-state index contributed by atoms with van der Waals surface area (Å²) >= 11 is 0. The molecule has 1 amide bonds. The zero-order valence-electron chi connectivity index (χ0n) is 13.0. The lowest BCUT2D eigenvalue weighted by Crippen LogP contribution is -2.40. The van der Waals surface area contributed by atoms with Gasteiger partial charge in [0, 0.05) is 30.8 Å². The minimum Gasteiger partial charge on any atom is -0.353 e. The predicted octanol–water partition coefficient (Wildman–Crippen LogP) is 2.03. The SMILES string of the molecule is O=C(CC1CC1)N[C@@H]1CCc2c(ccc(=O)n2CC2CC2)C1. The van der Waals surface area contributed by atoms with Crippen LogP contribution in [0.3, 0.4) is 0 Å². The summed E-state index contributed by atoms with van der Waals surface area (Å²) < 4.78 is 2.00. The van der Waals surface area contributed by atoms with Crippen LogP contribution in [-0.4, -0.2) is 16.5 Å². The van der Waals surface area contributed by atoms with Gasteiger partial charge < -0.3 is 9.88 Å². The fraction of sp³-hybridized carbons (Fsp3) is 0.667. The molecule has 0 spiro atoms. The molecule has 0 radical (unpaired) electrons. The average molecular weight is 300 g/mol. The number of fused-ring (bicyclic) bond motifs is 1. The molecule has 3 aliphatic carbocycles. The maximum absolute atomic E-state index is 12.1. The summed E-state index contributed by atoms with van der Waals surface area (Å²) in [7, 11) is 0. The Labute approximate surface area is 130 Å². The van der Waals surface area contributed by atoms with Crippen LogP contribution in [0.2, 0.25) is 0 Å².